The Kier molecular flexibility index (Phi) is 3.32. The number of halogens is 4. The summed E-state index contributed by atoms with van der Waals surface area (Å²) in [7, 11) is 0. The molecule has 2 N–H and O–H groups in total. The van der Waals surface area contributed by atoms with Crippen LogP contribution in [0.2, 0.25) is 5.02 Å². The molecule has 1 aromatic heterocycles. The molecule has 0 aliphatic rings. The zero-order valence-electron chi connectivity index (χ0n) is 8.92. The number of aromatic amines is 1. The van der Waals surface area contributed by atoms with Gasteiger partial charge in [-0.05, 0) is 18.2 Å². The summed E-state index contributed by atoms with van der Waals surface area (Å²) in [6.07, 6.45) is -3.04. The van der Waals surface area contributed by atoms with Crippen molar-refractivity contribution in [1.29, 1.82) is 0 Å². The topological polar surface area (TPSA) is 48.9 Å². The SMILES string of the molecule is OCc1cnc(-c2ccc(C(F)(F)F)cc2Cl)[nH]1. The molecule has 7 heteroatoms. The summed E-state index contributed by atoms with van der Waals surface area (Å²) >= 11 is 5.80. The van der Waals surface area contributed by atoms with E-state index in [1.807, 2.05) is 0 Å². The van der Waals surface area contributed by atoms with Crippen molar-refractivity contribution in [2.75, 3.05) is 0 Å². The van der Waals surface area contributed by atoms with Crippen molar-refractivity contribution in [2.45, 2.75) is 12.8 Å². The molecule has 2 aromatic rings. The van der Waals surface area contributed by atoms with Crippen LogP contribution >= 0.6 is 11.6 Å². The Balaban J connectivity index is 2.41. The molecule has 0 radical (unpaired) electrons. The largest absolute Gasteiger partial charge is 0.416 e. The monoisotopic (exact) mass is 276 g/mol. The minimum Gasteiger partial charge on any atom is -0.390 e. The number of aromatic nitrogens is 2. The van der Waals surface area contributed by atoms with Crippen molar-refractivity contribution in [2.24, 2.45) is 0 Å². The normalized spacial score (nSPS) is 11.8. The van der Waals surface area contributed by atoms with E-state index in [9.17, 15) is 13.2 Å². The number of hydrogen-bond donors (Lipinski definition) is 2. The second-order valence-corrected chi connectivity index (χ2v) is 4.01. The van der Waals surface area contributed by atoms with Crippen LogP contribution in [0.15, 0.2) is 24.4 Å². The van der Waals surface area contributed by atoms with Gasteiger partial charge in [0.1, 0.15) is 5.82 Å². The molecule has 0 aliphatic heterocycles. The molecule has 2 rings (SSSR count). The van der Waals surface area contributed by atoms with Gasteiger partial charge in [-0.15, -0.1) is 0 Å². The van der Waals surface area contributed by atoms with Crippen LogP contribution in [-0.2, 0) is 12.8 Å². The Morgan fingerprint density at radius 3 is 2.56 bits per heavy atom. The number of hydrogen-bond acceptors (Lipinski definition) is 2. The highest BCUT2D eigenvalue weighted by atomic mass is 35.5. The molecule has 0 fully saturated rings. The van der Waals surface area contributed by atoms with Crippen molar-refractivity contribution in [1.82, 2.24) is 9.97 Å². The van der Waals surface area contributed by atoms with Gasteiger partial charge in [0.05, 0.1) is 29.1 Å². The van der Waals surface area contributed by atoms with Gasteiger partial charge in [0.15, 0.2) is 0 Å². The van der Waals surface area contributed by atoms with E-state index in [1.54, 1.807) is 0 Å². The van der Waals surface area contributed by atoms with E-state index >= 15 is 0 Å². The fourth-order valence-corrected chi connectivity index (χ4v) is 1.73. The van der Waals surface area contributed by atoms with Gasteiger partial charge in [0.2, 0.25) is 0 Å². The van der Waals surface area contributed by atoms with Crippen LogP contribution in [0, 0.1) is 0 Å². The van der Waals surface area contributed by atoms with E-state index in [2.05, 4.69) is 9.97 Å². The molecule has 0 saturated heterocycles. The lowest BCUT2D eigenvalue weighted by Gasteiger charge is -2.08. The highest BCUT2D eigenvalue weighted by molar-refractivity contribution is 6.33. The minimum atomic E-state index is -4.43. The third-order valence-electron chi connectivity index (χ3n) is 2.35. The lowest BCUT2D eigenvalue weighted by atomic mass is 10.1. The highest BCUT2D eigenvalue weighted by Crippen LogP contribution is 2.34. The summed E-state index contributed by atoms with van der Waals surface area (Å²) in [4.78, 5) is 6.68. The molecule has 0 saturated carbocycles. The lowest BCUT2D eigenvalue weighted by molar-refractivity contribution is -0.137. The van der Waals surface area contributed by atoms with E-state index in [0.717, 1.165) is 12.1 Å². The van der Waals surface area contributed by atoms with Gasteiger partial charge in [-0.2, -0.15) is 13.2 Å². The van der Waals surface area contributed by atoms with Crippen LogP contribution in [0.4, 0.5) is 13.2 Å². The van der Waals surface area contributed by atoms with E-state index in [-0.39, 0.29) is 11.6 Å². The van der Waals surface area contributed by atoms with Gasteiger partial charge >= 0.3 is 6.18 Å². The van der Waals surface area contributed by atoms with Crippen LogP contribution in [-0.4, -0.2) is 15.1 Å². The Hall–Kier alpha value is -1.53. The second kappa shape index (κ2) is 4.62. The zero-order valence-corrected chi connectivity index (χ0v) is 9.68. The number of alkyl halides is 3. The predicted octanol–water partition coefficient (Wildman–Crippen LogP) is 3.24. The summed E-state index contributed by atoms with van der Waals surface area (Å²) in [6.45, 7) is -0.231. The summed E-state index contributed by atoms with van der Waals surface area (Å²) in [5.41, 5.74) is -0.00415. The maximum atomic E-state index is 12.4. The van der Waals surface area contributed by atoms with Crippen molar-refractivity contribution in [3.63, 3.8) is 0 Å². The fourth-order valence-electron chi connectivity index (χ4n) is 1.46. The van der Waals surface area contributed by atoms with Crippen molar-refractivity contribution >= 4 is 11.6 Å². The van der Waals surface area contributed by atoms with E-state index < -0.39 is 11.7 Å². The van der Waals surface area contributed by atoms with Crippen LogP contribution < -0.4 is 0 Å². The van der Waals surface area contributed by atoms with Gasteiger partial charge in [0, 0.05) is 5.56 Å². The van der Waals surface area contributed by atoms with Crippen molar-refractivity contribution in [3.8, 4) is 11.4 Å². The van der Waals surface area contributed by atoms with Gasteiger partial charge in [-0.3, -0.25) is 0 Å². The molecule has 3 nitrogen and oxygen atoms in total. The number of aliphatic hydroxyl groups excluding tert-OH is 1. The molecular weight excluding hydrogens is 269 g/mol. The zero-order chi connectivity index (χ0) is 13.3. The number of nitrogens with zero attached hydrogens (tertiary/aromatic N) is 1. The number of H-pyrrole nitrogens is 1. The number of imidazole rings is 1. The van der Waals surface area contributed by atoms with Crippen LogP contribution in [0.25, 0.3) is 11.4 Å². The Bertz CT molecular complexity index is 566. The second-order valence-electron chi connectivity index (χ2n) is 3.61. The summed E-state index contributed by atoms with van der Waals surface area (Å²) in [5, 5.41) is 8.81. The molecule has 0 unspecified atom stereocenters. The quantitative estimate of drug-likeness (QED) is 0.885. The average Bonchev–Trinajstić information content (AvgIpc) is 2.76. The molecule has 1 aromatic carbocycles. The molecule has 18 heavy (non-hydrogen) atoms. The lowest BCUT2D eigenvalue weighted by Crippen LogP contribution is -2.04. The van der Waals surface area contributed by atoms with Gasteiger partial charge in [-0.1, -0.05) is 11.6 Å². The highest BCUT2D eigenvalue weighted by Gasteiger charge is 2.31. The average molecular weight is 277 g/mol. The molecule has 0 aliphatic carbocycles. The van der Waals surface area contributed by atoms with E-state index in [1.165, 1.54) is 12.3 Å². The minimum absolute atomic E-state index is 0.0522. The predicted molar refractivity (Wildman–Crippen MR) is 60.0 cm³/mol. The molecule has 0 spiro atoms. The molecule has 96 valence electrons. The number of aliphatic hydroxyl groups is 1. The molecule has 0 atom stereocenters. The number of nitrogens with one attached hydrogen (secondary N) is 1. The van der Waals surface area contributed by atoms with Crippen LogP contribution in [0.3, 0.4) is 0 Å². The first-order valence-corrected chi connectivity index (χ1v) is 5.31. The third-order valence-corrected chi connectivity index (χ3v) is 2.66. The molecule has 0 amide bonds. The fraction of sp³-hybridized carbons (Fsp3) is 0.182. The number of rotatable bonds is 2. The first-order valence-electron chi connectivity index (χ1n) is 4.93. The van der Waals surface area contributed by atoms with E-state index in [4.69, 9.17) is 16.7 Å². The molecule has 1 heterocycles. The maximum absolute atomic E-state index is 12.4. The van der Waals surface area contributed by atoms with Gasteiger partial charge < -0.3 is 10.1 Å². The van der Waals surface area contributed by atoms with E-state index in [0.29, 0.717) is 17.1 Å². The first-order chi connectivity index (χ1) is 8.41. The van der Waals surface area contributed by atoms with Crippen molar-refractivity contribution in [3.05, 3.63) is 40.7 Å². The Morgan fingerprint density at radius 1 is 1.33 bits per heavy atom. The summed E-state index contributed by atoms with van der Waals surface area (Å²) < 4.78 is 37.3. The van der Waals surface area contributed by atoms with Gasteiger partial charge in [-0.25, -0.2) is 4.98 Å². The molecular formula is C11H8ClF3N2O. The third kappa shape index (κ3) is 2.49. The number of benzene rings is 1. The standard InChI is InChI=1S/C11H8ClF3N2O/c12-9-3-6(11(13,14)15)1-2-8(9)10-16-4-7(5-18)17-10/h1-4,18H,5H2,(H,16,17). The molecule has 0 bridgehead atoms. The summed E-state index contributed by atoms with van der Waals surface area (Å²) in [5.74, 6) is 0.317. The van der Waals surface area contributed by atoms with Crippen molar-refractivity contribution < 1.29 is 18.3 Å². The van der Waals surface area contributed by atoms with Crippen LogP contribution in [0.5, 0.6) is 0 Å². The first kappa shape index (κ1) is 12.9. The Labute approximate surface area is 105 Å². The van der Waals surface area contributed by atoms with Gasteiger partial charge in [0.25, 0.3) is 0 Å². The maximum Gasteiger partial charge on any atom is 0.416 e. The Morgan fingerprint density at radius 2 is 2.06 bits per heavy atom. The van der Waals surface area contributed by atoms with Crippen LogP contribution in [0.1, 0.15) is 11.3 Å². The summed E-state index contributed by atoms with van der Waals surface area (Å²) in [6, 6.07) is 3.02. The smallest absolute Gasteiger partial charge is 0.390 e.